The molecule has 1 unspecified atom stereocenters. The van der Waals surface area contributed by atoms with E-state index in [1.165, 1.54) is 0 Å². The van der Waals surface area contributed by atoms with Gasteiger partial charge in [-0.25, -0.2) is 9.59 Å². The molecule has 2 aliphatic rings. The molecule has 0 saturated carbocycles. The molecule has 1 amide bonds. The second-order valence-electron chi connectivity index (χ2n) is 12.8. The average Bonchev–Trinajstić information content (AvgIpc) is 3.60. The number of carbonyl (C=O) groups is 4. The average molecular weight is 707 g/mol. The second-order valence-corrected chi connectivity index (χ2v) is 12.8. The first-order valence-corrected chi connectivity index (χ1v) is 16.3. The Bertz CT molecular complexity index is 1620. The maximum atomic E-state index is 13.9. The van der Waals surface area contributed by atoms with Crippen molar-refractivity contribution < 1.29 is 51.7 Å². The third-order valence-electron chi connectivity index (χ3n) is 8.19. The molecule has 274 valence electrons. The van der Waals surface area contributed by atoms with Gasteiger partial charge in [-0.1, -0.05) is 20.8 Å². The number of carboxylic acid groups (broad SMARTS) is 1. The summed E-state index contributed by atoms with van der Waals surface area (Å²) < 4.78 is 48.7. The smallest absolute Gasteiger partial charge is 0.490 e. The minimum atomic E-state index is -5.08. The zero-order valence-electron chi connectivity index (χ0n) is 29.4. The van der Waals surface area contributed by atoms with Crippen LogP contribution in [-0.2, 0) is 26.3 Å². The van der Waals surface area contributed by atoms with Crippen molar-refractivity contribution in [3.05, 3.63) is 52.1 Å². The van der Waals surface area contributed by atoms with Gasteiger partial charge in [0.05, 0.1) is 31.0 Å². The number of alkyl halides is 3. The van der Waals surface area contributed by atoms with Gasteiger partial charge in [0, 0.05) is 42.9 Å². The maximum Gasteiger partial charge on any atom is 0.490 e. The lowest BCUT2D eigenvalue weighted by Gasteiger charge is -2.31. The number of anilines is 1. The summed E-state index contributed by atoms with van der Waals surface area (Å²) in [6, 6.07) is 7.44. The van der Waals surface area contributed by atoms with Crippen molar-refractivity contribution >= 4 is 35.2 Å². The van der Waals surface area contributed by atoms with E-state index in [2.05, 4.69) is 37.9 Å². The molecule has 12 nitrogen and oxygen atoms in total. The van der Waals surface area contributed by atoms with E-state index in [1.54, 1.807) is 31.0 Å². The molecule has 50 heavy (non-hydrogen) atoms. The number of nitrogens with one attached hydrogen (secondary N) is 2. The number of hydrogen-bond donors (Lipinski definition) is 3. The fourth-order valence-corrected chi connectivity index (χ4v) is 5.74. The van der Waals surface area contributed by atoms with Gasteiger partial charge >= 0.3 is 18.1 Å². The van der Waals surface area contributed by atoms with Gasteiger partial charge in [0.1, 0.15) is 17.3 Å². The predicted molar refractivity (Wildman–Crippen MR) is 180 cm³/mol. The molecule has 4 rings (SSSR count). The van der Waals surface area contributed by atoms with Crippen molar-refractivity contribution in [2.24, 2.45) is 0 Å². The van der Waals surface area contributed by atoms with Crippen molar-refractivity contribution in [3.8, 4) is 11.5 Å². The largest absolute Gasteiger partial charge is 0.493 e. The summed E-state index contributed by atoms with van der Waals surface area (Å²) in [4.78, 5) is 51.5. The lowest BCUT2D eigenvalue weighted by atomic mass is 9.84. The van der Waals surface area contributed by atoms with Gasteiger partial charge in [-0.3, -0.25) is 15.0 Å². The van der Waals surface area contributed by atoms with Crippen molar-refractivity contribution in [1.29, 1.82) is 5.41 Å². The summed E-state index contributed by atoms with van der Waals surface area (Å²) in [5, 5.41) is 18.6. The molecule has 0 spiro atoms. The molecule has 1 atom stereocenters. The number of aliphatic carboxylic acids is 1. The van der Waals surface area contributed by atoms with E-state index in [0.29, 0.717) is 41.3 Å². The van der Waals surface area contributed by atoms with E-state index in [9.17, 15) is 27.6 Å². The molecule has 0 aliphatic carbocycles. The molecule has 2 aromatic carbocycles. The molecule has 2 aromatic rings. The number of carbonyl (C=O) groups excluding carboxylic acids is 3. The zero-order chi connectivity index (χ0) is 37.6. The minimum absolute atomic E-state index is 0.00556. The van der Waals surface area contributed by atoms with Crippen LogP contribution in [0, 0.1) is 5.41 Å². The molecule has 0 aromatic heterocycles. The van der Waals surface area contributed by atoms with Crippen LogP contribution in [-0.4, -0.2) is 91.6 Å². The number of Topliss-reactive ketones (excluding diaryl/α,β-unsaturated/α-hetero) is 1. The molecular weight excluding hydrogens is 661 g/mol. The van der Waals surface area contributed by atoms with Gasteiger partial charge < -0.3 is 34.4 Å². The number of nitrogens with zero attached hydrogens (tertiary/aromatic N) is 2. The highest BCUT2D eigenvalue weighted by Gasteiger charge is 2.38. The van der Waals surface area contributed by atoms with E-state index in [1.807, 2.05) is 19.1 Å². The van der Waals surface area contributed by atoms with E-state index in [-0.39, 0.29) is 48.7 Å². The van der Waals surface area contributed by atoms with Crippen molar-refractivity contribution in [3.63, 3.8) is 0 Å². The lowest BCUT2D eigenvalue weighted by Crippen LogP contribution is -2.32. The number of fused-ring (bicyclic) bond motifs is 1. The number of hydrogen-bond acceptors (Lipinski definition) is 9. The van der Waals surface area contributed by atoms with Crippen LogP contribution >= 0.6 is 0 Å². The van der Waals surface area contributed by atoms with E-state index in [4.69, 9.17) is 29.5 Å². The van der Waals surface area contributed by atoms with Crippen LogP contribution in [0.4, 0.5) is 18.9 Å². The van der Waals surface area contributed by atoms with Crippen molar-refractivity contribution in [2.75, 3.05) is 44.9 Å². The number of benzene rings is 2. The SMILES string of the molecule is CCOC(=O)COc1c(N2CCCC2C)cc(C(=O)CN2Cc3cc(OCC)c(C(=O)NC)cc3C2=N)cc1C(C)(C)C.O=C(O)C(F)(F)F. The summed E-state index contributed by atoms with van der Waals surface area (Å²) in [6.07, 6.45) is -3.04. The van der Waals surface area contributed by atoms with Gasteiger partial charge in [0.2, 0.25) is 0 Å². The molecule has 15 heteroatoms. The second kappa shape index (κ2) is 16.3. The summed E-state index contributed by atoms with van der Waals surface area (Å²) >= 11 is 0. The summed E-state index contributed by atoms with van der Waals surface area (Å²) in [7, 11) is 1.55. The molecular formula is C35H45F3N4O8. The summed E-state index contributed by atoms with van der Waals surface area (Å²) in [5.41, 5.74) is 3.55. The Morgan fingerprint density at radius 1 is 1.04 bits per heavy atom. The standard InChI is InChI=1S/C33H44N4O6.C2HF3O2/c1-8-41-28-15-22-17-36(31(34)23(22)16-24(28)32(40)35-7)18-27(38)21-13-25(33(4,5)6)30(43-19-29(39)42-9-2)26(14-21)37-12-10-11-20(37)3;3-2(4,5)1(6)7/h13-16,20,34H,8-12,17-19H2,1-7H3,(H,35,40);(H,6,7). The monoisotopic (exact) mass is 706 g/mol. The molecule has 1 fully saturated rings. The van der Waals surface area contributed by atoms with Gasteiger partial charge in [0.25, 0.3) is 5.91 Å². The zero-order valence-corrected chi connectivity index (χ0v) is 29.4. The molecule has 2 aliphatic heterocycles. The van der Waals surface area contributed by atoms with Crippen LogP contribution in [0.3, 0.4) is 0 Å². The fraction of sp³-hybridized carbons (Fsp3) is 0.514. The third kappa shape index (κ3) is 9.45. The summed E-state index contributed by atoms with van der Waals surface area (Å²) in [6.45, 7) is 13.5. The topological polar surface area (TPSA) is 159 Å². The van der Waals surface area contributed by atoms with Gasteiger partial charge in [-0.15, -0.1) is 0 Å². The lowest BCUT2D eigenvalue weighted by molar-refractivity contribution is -0.192. The first kappa shape index (κ1) is 39.6. The number of ketones is 1. The van der Waals surface area contributed by atoms with Gasteiger partial charge in [-0.2, -0.15) is 13.2 Å². The molecule has 1 saturated heterocycles. The van der Waals surface area contributed by atoms with Gasteiger partial charge in [0.15, 0.2) is 12.4 Å². The number of halogens is 3. The first-order chi connectivity index (χ1) is 23.3. The highest BCUT2D eigenvalue weighted by molar-refractivity contribution is 6.08. The minimum Gasteiger partial charge on any atom is -0.493 e. The van der Waals surface area contributed by atoms with Gasteiger partial charge in [-0.05, 0) is 68.9 Å². The molecule has 3 N–H and O–H groups in total. The Morgan fingerprint density at radius 3 is 2.22 bits per heavy atom. The molecule has 0 radical (unpaired) electrons. The highest BCUT2D eigenvalue weighted by atomic mass is 19.4. The molecule has 2 heterocycles. The van der Waals surface area contributed by atoms with Crippen LogP contribution < -0.4 is 19.7 Å². The summed E-state index contributed by atoms with van der Waals surface area (Å²) in [5.74, 6) is -2.39. The van der Waals surface area contributed by atoms with E-state index in [0.717, 1.165) is 36.2 Å². The Kier molecular flexibility index (Phi) is 12.9. The number of amides is 1. The van der Waals surface area contributed by atoms with Crippen molar-refractivity contribution in [2.45, 2.75) is 78.6 Å². The Labute approximate surface area is 289 Å². The fourth-order valence-electron chi connectivity index (χ4n) is 5.74. The maximum absolute atomic E-state index is 13.9. The number of ether oxygens (including phenoxy) is 3. The number of carboxylic acids is 1. The number of rotatable bonds is 11. The predicted octanol–water partition coefficient (Wildman–Crippen LogP) is 5.33. The van der Waals surface area contributed by atoms with Crippen LogP contribution in [0.5, 0.6) is 11.5 Å². The normalized spacial score (nSPS) is 15.6. The van der Waals surface area contributed by atoms with Crippen molar-refractivity contribution in [1.82, 2.24) is 10.2 Å². The molecule has 0 bridgehead atoms. The van der Waals surface area contributed by atoms with Crippen LogP contribution in [0.2, 0.25) is 0 Å². The highest BCUT2D eigenvalue weighted by Crippen LogP contribution is 2.43. The quantitative estimate of drug-likeness (QED) is 0.206. The number of esters is 1. The first-order valence-electron chi connectivity index (χ1n) is 16.3. The van der Waals surface area contributed by atoms with Crippen LogP contribution in [0.1, 0.15) is 91.8 Å². The van der Waals surface area contributed by atoms with E-state index >= 15 is 0 Å². The Morgan fingerprint density at radius 2 is 1.70 bits per heavy atom. The Balaban J connectivity index is 0.000000872. The third-order valence-corrected chi connectivity index (χ3v) is 8.19. The van der Waals surface area contributed by atoms with Crippen LogP contribution in [0.15, 0.2) is 24.3 Å². The van der Waals surface area contributed by atoms with Crippen LogP contribution in [0.25, 0.3) is 0 Å². The van der Waals surface area contributed by atoms with E-state index < -0.39 is 18.1 Å². The number of amidine groups is 1. The Hall–Kier alpha value is -4.82.